The summed E-state index contributed by atoms with van der Waals surface area (Å²) >= 11 is 0. The van der Waals surface area contributed by atoms with Crippen molar-refractivity contribution >= 4 is 23.2 Å². The number of benzene rings is 2. The van der Waals surface area contributed by atoms with Gasteiger partial charge in [0, 0.05) is 12.1 Å². The smallest absolute Gasteiger partial charge is 0.265 e. The van der Waals surface area contributed by atoms with Crippen molar-refractivity contribution in [2.24, 2.45) is 0 Å². The molecule has 130 valence electrons. The Labute approximate surface area is 147 Å². The molecule has 0 fully saturated rings. The van der Waals surface area contributed by atoms with E-state index in [1.54, 1.807) is 23.1 Å². The number of rotatable bonds is 5. The summed E-state index contributed by atoms with van der Waals surface area (Å²) < 4.78 is 5.53. The van der Waals surface area contributed by atoms with E-state index >= 15 is 0 Å². The minimum Gasteiger partial charge on any atom is -0.482 e. The summed E-state index contributed by atoms with van der Waals surface area (Å²) in [5, 5.41) is 2.87. The third-order valence-corrected chi connectivity index (χ3v) is 4.12. The van der Waals surface area contributed by atoms with E-state index in [-0.39, 0.29) is 18.4 Å². The monoisotopic (exact) mass is 338 g/mol. The quantitative estimate of drug-likeness (QED) is 0.905. The van der Waals surface area contributed by atoms with Crippen LogP contribution in [0.1, 0.15) is 30.9 Å². The average Bonchev–Trinajstić information content (AvgIpc) is 2.59. The highest BCUT2D eigenvalue weighted by Gasteiger charge is 2.26. The van der Waals surface area contributed by atoms with Crippen LogP contribution in [-0.2, 0) is 16.1 Å². The molecule has 0 aliphatic carbocycles. The Balaban J connectivity index is 1.86. The molecule has 0 spiro atoms. The Morgan fingerprint density at radius 1 is 1.20 bits per heavy atom. The topological polar surface area (TPSA) is 58.6 Å². The number of aryl methyl sites for hydroxylation is 1. The van der Waals surface area contributed by atoms with Crippen LogP contribution < -0.4 is 15.0 Å². The lowest BCUT2D eigenvalue weighted by atomic mass is 10.1. The van der Waals surface area contributed by atoms with Crippen LogP contribution >= 0.6 is 0 Å². The van der Waals surface area contributed by atoms with Crippen LogP contribution in [0.2, 0.25) is 0 Å². The zero-order valence-electron chi connectivity index (χ0n) is 14.5. The molecular formula is C20H22N2O3. The van der Waals surface area contributed by atoms with Gasteiger partial charge in [0.1, 0.15) is 5.75 Å². The highest BCUT2D eigenvalue weighted by atomic mass is 16.5. The first-order valence-corrected chi connectivity index (χ1v) is 8.49. The number of nitrogens with one attached hydrogen (secondary N) is 1. The molecule has 0 bridgehead atoms. The van der Waals surface area contributed by atoms with Crippen molar-refractivity contribution in [2.75, 3.05) is 16.8 Å². The van der Waals surface area contributed by atoms with Crippen molar-refractivity contribution in [1.29, 1.82) is 0 Å². The summed E-state index contributed by atoms with van der Waals surface area (Å²) in [6, 6.07) is 13.5. The zero-order valence-corrected chi connectivity index (χ0v) is 14.5. The maximum atomic E-state index is 12.4. The molecule has 5 heteroatoms. The van der Waals surface area contributed by atoms with Gasteiger partial charge in [-0.2, -0.15) is 0 Å². The van der Waals surface area contributed by atoms with Crippen molar-refractivity contribution in [3.8, 4) is 5.75 Å². The minimum atomic E-state index is -0.0925. The summed E-state index contributed by atoms with van der Waals surface area (Å²) in [5.74, 6) is 0.529. The fraction of sp³-hybridized carbons (Fsp3) is 0.300. The van der Waals surface area contributed by atoms with Gasteiger partial charge in [0.25, 0.3) is 5.91 Å². The van der Waals surface area contributed by atoms with Gasteiger partial charge >= 0.3 is 0 Å². The van der Waals surface area contributed by atoms with E-state index in [2.05, 4.69) is 5.32 Å². The molecular weight excluding hydrogens is 316 g/mol. The van der Waals surface area contributed by atoms with Gasteiger partial charge in [-0.25, -0.2) is 0 Å². The Morgan fingerprint density at radius 3 is 2.68 bits per heavy atom. The van der Waals surface area contributed by atoms with E-state index in [4.69, 9.17) is 4.74 Å². The zero-order chi connectivity index (χ0) is 17.8. The highest BCUT2D eigenvalue weighted by molar-refractivity contribution is 5.99. The first kappa shape index (κ1) is 17.0. The molecule has 1 aliphatic rings. The van der Waals surface area contributed by atoms with Gasteiger partial charge < -0.3 is 15.0 Å². The third-order valence-electron chi connectivity index (χ3n) is 4.12. The fourth-order valence-corrected chi connectivity index (χ4v) is 2.78. The number of fused-ring (bicyclic) bond motifs is 1. The Kier molecular flexibility index (Phi) is 5.03. The highest BCUT2D eigenvalue weighted by Crippen LogP contribution is 2.35. The molecule has 0 aromatic heterocycles. The lowest BCUT2D eigenvalue weighted by Gasteiger charge is -2.30. The molecule has 0 saturated heterocycles. The normalized spacial score (nSPS) is 13.2. The first-order valence-electron chi connectivity index (χ1n) is 8.49. The third kappa shape index (κ3) is 3.99. The van der Waals surface area contributed by atoms with Crippen molar-refractivity contribution in [3.05, 3.63) is 53.6 Å². The number of carbonyl (C=O) groups excluding carboxylic acids is 2. The number of hydrogen-bond donors (Lipinski definition) is 1. The van der Waals surface area contributed by atoms with E-state index < -0.39 is 0 Å². The summed E-state index contributed by atoms with van der Waals surface area (Å²) in [4.78, 5) is 25.9. The van der Waals surface area contributed by atoms with Gasteiger partial charge in [-0.15, -0.1) is 0 Å². The molecule has 0 atom stereocenters. The fourth-order valence-electron chi connectivity index (χ4n) is 2.78. The maximum absolute atomic E-state index is 12.4. The Hall–Kier alpha value is -2.82. The molecule has 0 unspecified atom stereocenters. The molecule has 2 aromatic rings. The largest absolute Gasteiger partial charge is 0.482 e. The number of ether oxygens (including phenoxy) is 1. The summed E-state index contributed by atoms with van der Waals surface area (Å²) in [6.07, 6.45) is 1.26. The Bertz CT molecular complexity index is 784. The van der Waals surface area contributed by atoms with Crippen LogP contribution in [0.3, 0.4) is 0 Å². The van der Waals surface area contributed by atoms with E-state index in [1.807, 2.05) is 38.1 Å². The van der Waals surface area contributed by atoms with Crippen LogP contribution in [0.5, 0.6) is 5.75 Å². The standard InChI is InChI=1S/C20H22N2O3/c1-3-4-19(23)21-16-9-10-18-17(11-16)22(20(24)13-25-18)12-15-7-5-14(2)6-8-15/h5-11H,3-4,12-13H2,1-2H3,(H,21,23). The minimum absolute atomic E-state index is 0.0282. The van der Waals surface area contributed by atoms with Gasteiger partial charge in [0.15, 0.2) is 6.61 Å². The molecule has 25 heavy (non-hydrogen) atoms. The molecule has 1 aliphatic heterocycles. The van der Waals surface area contributed by atoms with Gasteiger partial charge in [-0.05, 0) is 37.1 Å². The second-order valence-corrected chi connectivity index (χ2v) is 6.23. The van der Waals surface area contributed by atoms with Crippen molar-refractivity contribution in [2.45, 2.75) is 33.2 Å². The summed E-state index contributed by atoms with van der Waals surface area (Å²) in [7, 11) is 0. The molecule has 2 amide bonds. The van der Waals surface area contributed by atoms with E-state index in [9.17, 15) is 9.59 Å². The van der Waals surface area contributed by atoms with Gasteiger partial charge in [-0.1, -0.05) is 36.8 Å². The van der Waals surface area contributed by atoms with Crippen molar-refractivity contribution in [1.82, 2.24) is 0 Å². The number of amides is 2. The summed E-state index contributed by atoms with van der Waals surface area (Å²) in [6.45, 7) is 4.49. The maximum Gasteiger partial charge on any atom is 0.265 e. The van der Waals surface area contributed by atoms with Crippen molar-refractivity contribution in [3.63, 3.8) is 0 Å². The molecule has 0 saturated carbocycles. The number of nitrogens with zero attached hydrogens (tertiary/aromatic N) is 1. The van der Waals surface area contributed by atoms with Crippen LogP contribution in [0.4, 0.5) is 11.4 Å². The first-order chi connectivity index (χ1) is 12.1. The van der Waals surface area contributed by atoms with Gasteiger partial charge in [0.2, 0.25) is 5.91 Å². The molecule has 1 N–H and O–H groups in total. The lowest BCUT2D eigenvalue weighted by Crippen LogP contribution is -2.38. The second kappa shape index (κ2) is 7.38. The van der Waals surface area contributed by atoms with Gasteiger partial charge in [-0.3, -0.25) is 9.59 Å². The second-order valence-electron chi connectivity index (χ2n) is 6.23. The number of carbonyl (C=O) groups is 2. The van der Waals surface area contributed by atoms with E-state index in [0.29, 0.717) is 30.1 Å². The van der Waals surface area contributed by atoms with Crippen molar-refractivity contribution < 1.29 is 14.3 Å². The predicted octanol–water partition coefficient (Wildman–Crippen LogP) is 3.66. The molecule has 0 radical (unpaired) electrons. The SMILES string of the molecule is CCCC(=O)Nc1ccc2c(c1)N(Cc1ccc(C)cc1)C(=O)CO2. The van der Waals surface area contributed by atoms with Crippen LogP contribution in [0.25, 0.3) is 0 Å². The molecule has 1 heterocycles. The summed E-state index contributed by atoms with van der Waals surface area (Å²) in [5.41, 5.74) is 3.58. The number of anilines is 2. The van der Waals surface area contributed by atoms with E-state index in [0.717, 1.165) is 12.0 Å². The molecule has 3 rings (SSSR count). The number of hydrogen-bond acceptors (Lipinski definition) is 3. The van der Waals surface area contributed by atoms with Crippen LogP contribution in [0, 0.1) is 6.92 Å². The van der Waals surface area contributed by atoms with E-state index in [1.165, 1.54) is 5.56 Å². The lowest BCUT2D eigenvalue weighted by molar-refractivity contribution is -0.121. The van der Waals surface area contributed by atoms with Crippen LogP contribution in [0.15, 0.2) is 42.5 Å². The average molecular weight is 338 g/mol. The van der Waals surface area contributed by atoms with Gasteiger partial charge in [0.05, 0.1) is 12.2 Å². The molecule has 2 aromatic carbocycles. The predicted molar refractivity (Wildman–Crippen MR) is 97.8 cm³/mol. The molecule has 5 nitrogen and oxygen atoms in total. The Morgan fingerprint density at radius 2 is 1.96 bits per heavy atom. The van der Waals surface area contributed by atoms with Crippen LogP contribution in [-0.4, -0.2) is 18.4 Å².